The topological polar surface area (TPSA) is 64.6 Å². The minimum atomic E-state index is -1.01. The fourth-order valence-corrected chi connectivity index (χ4v) is 2.05. The summed E-state index contributed by atoms with van der Waals surface area (Å²) in [4.78, 5) is 23.6. The van der Waals surface area contributed by atoms with Crippen LogP contribution in [-0.4, -0.2) is 23.4 Å². The van der Waals surface area contributed by atoms with Gasteiger partial charge in [0, 0.05) is 12.8 Å². The molecule has 0 aromatic heterocycles. The first kappa shape index (κ1) is 20.7. The quantitative estimate of drug-likeness (QED) is 0.385. The van der Waals surface area contributed by atoms with Crippen LogP contribution in [0.4, 0.5) is 4.79 Å². The number of hydrogen-bond donors (Lipinski definition) is 1. The molecule has 130 valence electrons. The fourth-order valence-electron chi connectivity index (χ4n) is 2.05. The van der Waals surface area contributed by atoms with Crippen LogP contribution in [-0.2, 0) is 14.3 Å². The predicted molar refractivity (Wildman–Crippen MR) is 87.5 cm³/mol. The third-order valence-electron chi connectivity index (χ3n) is 3.15. The number of hydrogen-bond acceptors (Lipinski definition) is 4. The highest BCUT2D eigenvalue weighted by Gasteiger charge is 2.31. The molecule has 0 saturated heterocycles. The molecule has 0 aliphatic carbocycles. The molecule has 5 heteroatoms. The molecule has 0 aliphatic rings. The summed E-state index contributed by atoms with van der Waals surface area (Å²) in [5.74, 6) is -0.327. The van der Waals surface area contributed by atoms with Crippen LogP contribution in [0.3, 0.4) is 0 Å². The third-order valence-corrected chi connectivity index (χ3v) is 3.15. The number of nitrogens with one attached hydrogen (secondary N) is 1. The van der Waals surface area contributed by atoms with Crippen LogP contribution in [0.1, 0.15) is 86.5 Å². The summed E-state index contributed by atoms with van der Waals surface area (Å²) in [5, 5.41) is 2.70. The van der Waals surface area contributed by atoms with Crippen molar-refractivity contribution in [3.05, 3.63) is 0 Å². The highest BCUT2D eigenvalue weighted by atomic mass is 16.6. The van der Waals surface area contributed by atoms with E-state index >= 15 is 0 Å². The summed E-state index contributed by atoms with van der Waals surface area (Å²) < 4.78 is 10.7. The zero-order valence-corrected chi connectivity index (χ0v) is 15.1. The smallest absolute Gasteiger partial charge is 0.410 e. The van der Waals surface area contributed by atoms with Gasteiger partial charge in [-0.1, -0.05) is 39.5 Å². The summed E-state index contributed by atoms with van der Waals surface area (Å²) in [5.41, 5.74) is -1.59. The second kappa shape index (κ2) is 9.70. The van der Waals surface area contributed by atoms with Crippen molar-refractivity contribution >= 4 is 12.1 Å². The number of ether oxygens (including phenoxy) is 2. The Morgan fingerprint density at radius 3 is 2.00 bits per heavy atom. The molecule has 0 fully saturated rings. The number of carbonyl (C=O) groups is 2. The van der Waals surface area contributed by atoms with E-state index in [-0.39, 0.29) is 12.4 Å². The van der Waals surface area contributed by atoms with Crippen LogP contribution in [0.25, 0.3) is 0 Å². The van der Waals surface area contributed by atoms with Gasteiger partial charge in [0.15, 0.2) is 5.72 Å². The molecule has 0 aliphatic heterocycles. The van der Waals surface area contributed by atoms with Gasteiger partial charge in [0.1, 0.15) is 5.60 Å². The largest absolute Gasteiger partial charge is 0.444 e. The summed E-state index contributed by atoms with van der Waals surface area (Å²) in [6, 6.07) is 0. The third kappa shape index (κ3) is 10.5. The van der Waals surface area contributed by atoms with Gasteiger partial charge in [0.25, 0.3) is 0 Å². The monoisotopic (exact) mass is 315 g/mol. The molecule has 0 aromatic rings. The molecule has 1 atom stereocenters. The molecule has 5 nitrogen and oxygen atoms in total. The molecular formula is C17H33NO4. The molecule has 0 bridgehead atoms. The summed E-state index contributed by atoms with van der Waals surface area (Å²) >= 11 is 0. The lowest BCUT2D eigenvalue weighted by Gasteiger charge is -2.31. The number of alkyl carbamates (subject to hydrolysis) is 1. The van der Waals surface area contributed by atoms with Crippen LogP contribution in [0.2, 0.25) is 0 Å². The van der Waals surface area contributed by atoms with Gasteiger partial charge in [0.05, 0.1) is 0 Å². The van der Waals surface area contributed by atoms with E-state index in [1.54, 1.807) is 34.6 Å². The van der Waals surface area contributed by atoms with E-state index in [9.17, 15) is 9.59 Å². The molecule has 22 heavy (non-hydrogen) atoms. The van der Waals surface area contributed by atoms with Crippen molar-refractivity contribution in [2.75, 3.05) is 0 Å². The summed E-state index contributed by atoms with van der Waals surface area (Å²) in [6.45, 7) is 11.0. The van der Waals surface area contributed by atoms with Crippen molar-refractivity contribution < 1.29 is 19.1 Å². The van der Waals surface area contributed by atoms with Crippen molar-refractivity contribution in [3.8, 4) is 0 Å². The van der Waals surface area contributed by atoms with Gasteiger partial charge in [0.2, 0.25) is 0 Å². The maximum absolute atomic E-state index is 12.0. The van der Waals surface area contributed by atoms with Gasteiger partial charge in [-0.15, -0.1) is 0 Å². The second-order valence-electron chi connectivity index (χ2n) is 6.85. The van der Waals surface area contributed by atoms with Crippen molar-refractivity contribution in [3.63, 3.8) is 0 Å². The Morgan fingerprint density at radius 1 is 0.909 bits per heavy atom. The highest BCUT2D eigenvalue weighted by Crippen LogP contribution is 2.19. The van der Waals surface area contributed by atoms with Crippen LogP contribution >= 0.6 is 0 Å². The Balaban J connectivity index is 4.57. The number of carbonyl (C=O) groups excluding carboxylic acids is 2. The zero-order chi connectivity index (χ0) is 17.2. The van der Waals surface area contributed by atoms with E-state index < -0.39 is 17.4 Å². The maximum Gasteiger partial charge on any atom is 0.410 e. The number of unbranched alkanes of at least 4 members (excludes halogenated alkanes) is 4. The van der Waals surface area contributed by atoms with Gasteiger partial charge in [-0.05, 0) is 34.1 Å². The van der Waals surface area contributed by atoms with Gasteiger partial charge < -0.3 is 9.47 Å². The second-order valence-corrected chi connectivity index (χ2v) is 6.85. The van der Waals surface area contributed by atoms with Gasteiger partial charge in [-0.3, -0.25) is 10.1 Å². The molecule has 1 N–H and O–H groups in total. The molecule has 0 heterocycles. The standard InChI is InChI=1S/C17H33NO4/c1-7-9-10-11-12-13-17(6,21-14(19)8-2)18-15(20)22-16(3,4)5/h7-13H2,1-6H3,(H,18,20)/t17-/m0/s1. The first-order valence-electron chi connectivity index (χ1n) is 8.35. The van der Waals surface area contributed by atoms with E-state index in [4.69, 9.17) is 9.47 Å². The lowest BCUT2D eigenvalue weighted by Crippen LogP contribution is -2.50. The van der Waals surface area contributed by atoms with Crippen molar-refractivity contribution in [1.29, 1.82) is 0 Å². The van der Waals surface area contributed by atoms with Crippen LogP contribution in [0.5, 0.6) is 0 Å². The Morgan fingerprint density at radius 2 is 1.50 bits per heavy atom. The molecule has 0 saturated carbocycles. The SMILES string of the molecule is CCCCCCC[C@@](C)(NC(=O)OC(C)(C)C)OC(=O)CC. The van der Waals surface area contributed by atoms with E-state index in [1.165, 1.54) is 12.8 Å². The van der Waals surface area contributed by atoms with Crippen LogP contribution in [0, 0.1) is 0 Å². The average Bonchev–Trinajstić information content (AvgIpc) is 2.35. The van der Waals surface area contributed by atoms with E-state index in [1.807, 2.05) is 0 Å². The van der Waals surface area contributed by atoms with Crippen molar-refractivity contribution in [1.82, 2.24) is 5.32 Å². The van der Waals surface area contributed by atoms with Gasteiger partial charge in [-0.2, -0.15) is 0 Å². The lowest BCUT2D eigenvalue weighted by atomic mass is 10.0. The summed E-state index contributed by atoms with van der Waals surface area (Å²) in [6.07, 6.45) is 5.78. The Bertz CT molecular complexity index is 349. The highest BCUT2D eigenvalue weighted by molar-refractivity contribution is 5.71. The molecule has 0 unspecified atom stereocenters. The molecule has 0 radical (unpaired) electrons. The first-order chi connectivity index (χ1) is 10.1. The van der Waals surface area contributed by atoms with Gasteiger partial charge in [-0.25, -0.2) is 4.79 Å². The lowest BCUT2D eigenvalue weighted by molar-refractivity contribution is -0.161. The van der Waals surface area contributed by atoms with Crippen molar-refractivity contribution in [2.24, 2.45) is 0 Å². The average molecular weight is 315 g/mol. The number of rotatable bonds is 9. The summed E-state index contributed by atoms with van der Waals surface area (Å²) in [7, 11) is 0. The fraction of sp³-hybridized carbons (Fsp3) is 0.882. The number of amides is 1. The van der Waals surface area contributed by atoms with E-state index in [0.717, 1.165) is 19.3 Å². The Hall–Kier alpha value is -1.26. The normalized spacial score (nSPS) is 14.1. The van der Waals surface area contributed by atoms with Crippen LogP contribution in [0.15, 0.2) is 0 Å². The maximum atomic E-state index is 12.0. The Labute approximate surface area is 135 Å². The first-order valence-corrected chi connectivity index (χ1v) is 8.35. The molecule has 0 aromatic carbocycles. The van der Waals surface area contributed by atoms with Gasteiger partial charge >= 0.3 is 12.1 Å². The van der Waals surface area contributed by atoms with E-state index in [0.29, 0.717) is 6.42 Å². The van der Waals surface area contributed by atoms with Crippen LogP contribution < -0.4 is 5.32 Å². The van der Waals surface area contributed by atoms with E-state index in [2.05, 4.69) is 12.2 Å². The number of esters is 1. The minimum Gasteiger partial charge on any atom is -0.444 e. The van der Waals surface area contributed by atoms with Crippen molar-refractivity contribution in [2.45, 2.75) is 97.8 Å². The zero-order valence-electron chi connectivity index (χ0n) is 15.1. The molecule has 0 spiro atoms. The molecule has 1 amide bonds. The minimum absolute atomic E-state index is 0.279. The Kier molecular flexibility index (Phi) is 9.14. The predicted octanol–water partition coefficient (Wildman–Crippen LogP) is 4.54. The molecular weight excluding hydrogens is 282 g/mol. The molecule has 0 rings (SSSR count).